The fourth-order valence-electron chi connectivity index (χ4n) is 7.06. The molecule has 6 aromatic carbocycles. The Kier molecular flexibility index (Phi) is 5.62. The van der Waals surface area contributed by atoms with E-state index in [9.17, 15) is 0 Å². The van der Waals surface area contributed by atoms with E-state index in [1.165, 1.54) is 54.9 Å². The second-order valence-corrected chi connectivity index (χ2v) is 11.7. The summed E-state index contributed by atoms with van der Waals surface area (Å²) in [4.78, 5) is 0. The molecule has 3 unspecified atom stereocenters. The molecule has 0 aromatic heterocycles. The van der Waals surface area contributed by atoms with E-state index >= 15 is 0 Å². The fraction of sp³-hybridized carbons (Fsp3) is 0.179. The van der Waals surface area contributed by atoms with Crippen molar-refractivity contribution in [3.8, 4) is 22.6 Å². The van der Waals surface area contributed by atoms with Crippen LogP contribution in [0.15, 0.2) is 121 Å². The maximum atomic E-state index is 6.09. The van der Waals surface area contributed by atoms with Gasteiger partial charge in [-0.05, 0) is 79.2 Å². The second kappa shape index (κ2) is 9.70. The first-order valence-electron chi connectivity index (χ1n) is 15.1. The van der Waals surface area contributed by atoms with Gasteiger partial charge in [-0.1, -0.05) is 97.1 Å². The average Bonchev–Trinajstić information content (AvgIpc) is 3.82. The monoisotopic (exact) mass is 562 g/mol. The number of epoxide rings is 1. The number of hydrogen-bond donors (Lipinski definition) is 0. The Hall–Kier alpha value is -4.64. The van der Waals surface area contributed by atoms with Crippen LogP contribution in [0, 0.1) is 0 Å². The zero-order chi connectivity index (χ0) is 28.4. The van der Waals surface area contributed by atoms with E-state index in [0.29, 0.717) is 6.61 Å². The van der Waals surface area contributed by atoms with Crippen LogP contribution in [0.4, 0.5) is 0 Å². The minimum absolute atomic E-state index is 0.156. The molecule has 0 amide bonds. The van der Waals surface area contributed by atoms with Crippen molar-refractivity contribution in [3.63, 3.8) is 0 Å². The number of ether oxygens (including phenoxy) is 4. The summed E-state index contributed by atoms with van der Waals surface area (Å²) in [5, 5.41) is 5.00. The molecule has 4 heteroatoms. The van der Waals surface area contributed by atoms with E-state index in [0.717, 1.165) is 31.1 Å². The molecule has 4 nitrogen and oxygen atoms in total. The third kappa shape index (κ3) is 3.91. The summed E-state index contributed by atoms with van der Waals surface area (Å²) < 4.78 is 23.1. The molecule has 2 aliphatic heterocycles. The van der Waals surface area contributed by atoms with Gasteiger partial charge in [-0.15, -0.1) is 0 Å². The van der Waals surface area contributed by atoms with Crippen molar-refractivity contribution < 1.29 is 18.9 Å². The number of benzene rings is 6. The van der Waals surface area contributed by atoms with Crippen LogP contribution in [0.3, 0.4) is 0 Å². The fourth-order valence-corrected chi connectivity index (χ4v) is 7.06. The van der Waals surface area contributed by atoms with Crippen LogP contribution >= 0.6 is 0 Å². The van der Waals surface area contributed by atoms with E-state index in [2.05, 4.69) is 121 Å². The van der Waals surface area contributed by atoms with E-state index in [1.54, 1.807) is 0 Å². The lowest BCUT2D eigenvalue weighted by atomic mass is 9.66. The Balaban J connectivity index is 1.33. The molecule has 2 heterocycles. The Morgan fingerprint density at radius 2 is 1.28 bits per heavy atom. The van der Waals surface area contributed by atoms with E-state index < -0.39 is 5.41 Å². The van der Waals surface area contributed by atoms with Gasteiger partial charge in [0.1, 0.15) is 24.2 Å². The molecule has 210 valence electrons. The highest BCUT2D eigenvalue weighted by Gasteiger charge is 2.47. The first-order chi connectivity index (χ1) is 21.3. The summed E-state index contributed by atoms with van der Waals surface area (Å²) in [5.74, 6) is 1.68. The van der Waals surface area contributed by atoms with Crippen molar-refractivity contribution in [3.05, 3.63) is 144 Å². The topological polar surface area (TPSA) is 40.2 Å². The molecule has 0 saturated carbocycles. The molecule has 0 spiro atoms. The van der Waals surface area contributed by atoms with Gasteiger partial charge in [0.15, 0.2) is 0 Å². The quantitative estimate of drug-likeness (QED) is 0.183. The van der Waals surface area contributed by atoms with Crippen molar-refractivity contribution in [2.45, 2.75) is 24.2 Å². The van der Waals surface area contributed by atoms with Gasteiger partial charge in [0.05, 0.1) is 18.6 Å². The predicted molar refractivity (Wildman–Crippen MR) is 169 cm³/mol. The zero-order valence-electron chi connectivity index (χ0n) is 23.7. The number of hydrogen-bond acceptors (Lipinski definition) is 4. The van der Waals surface area contributed by atoms with Crippen molar-refractivity contribution in [2.24, 2.45) is 0 Å². The molecule has 2 saturated heterocycles. The molecule has 3 aliphatic rings. The Labute approximate surface area is 250 Å². The Bertz CT molecular complexity index is 1990. The van der Waals surface area contributed by atoms with Gasteiger partial charge in [0.2, 0.25) is 6.29 Å². The Morgan fingerprint density at radius 1 is 0.651 bits per heavy atom. The van der Waals surface area contributed by atoms with Gasteiger partial charge in [-0.25, -0.2) is 0 Å². The van der Waals surface area contributed by atoms with Crippen molar-refractivity contribution >= 4 is 21.5 Å². The van der Waals surface area contributed by atoms with Crippen molar-refractivity contribution in [2.75, 3.05) is 19.8 Å². The minimum atomic E-state index is -0.556. The number of fused-ring (bicyclic) bond motifs is 7. The third-order valence-electron chi connectivity index (χ3n) is 9.24. The van der Waals surface area contributed by atoms with Crippen LogP contribution in [-0.2, 0) is 14.9 Å². The largest absolute Gasteiger partial charge is 0.491 e. The first-order valence-corrected chi connectivity index (χ1v) is 15.1. The normalized spacial score (nSPS) is 21.7. The van der Waals surface area contributed by atoms with Crippen LogP contribution in [0.25, 0.3) is 32.7 Å². The van der Waals surface area contributed by atoms with E-state index in [4.69, 9.17) is 18.9 Å². The lowest BCUT2D eigenvalue weighted by Crippen LogP contribution is -2.32. The molecular weight excluding hydrogens is 532 g/mol. The van der Waals surface area contributed by atoms with Crippen LogP contribution in [-0.4, -0.2) is 32.2 Å². The van der Waals surface area contributed by atoms with E-state index in [1.807, 2.05) is 0 Å². The highest BCUT2D eigenvalue weighted by molar-refractivity contribution is 6.08. The summed E-state index contributed by atoms with van der Waals surface area (Å²) in [6.45, 7) is 2.12. The molecule has 0 bridgehead atoms. The standard InChI is InChI=1S/C39H30O4/c1-3-7-32-25(5-1)10-20-35-37(32)34-19-9-26-6-2-4-8-33(26)38(34)39(35,27-11-15-29(16-12-27)41-23-31-24-42-31)28-13-17-30(18-14-28)43-36-21-22-40-36/h1-20,31,36H,21-24H2. The SMILES string of the molecule is c1ccc2c3c(ccc2c1)C(c1ccc(OCC2CO2)cc1)(c1ccc(OC2CCO2)cc1)c1c-3ccc2ccccc12. The van der Waals surface area contributed by atoms with Crippen LogP contribution in [0.5, 0.6) is 11.5 Å². The molecule has 0 N–H and O–H groups in total. The summed E-state index contributed by atoms with van der Waals surface area (Å²) in [7, 11) is 0. The van der Waals surface area contributed by atoms with Crippen LogP contribution in [0.2, 0.25) is 0 Å². The molecule has 0 radical (unpaired) electrons. The molecular formula is C39H30O4. The maximum Gasteiger partial charge on any atom is 0.202 e. The van der Waals surface area contributed by atoms with Crippen LogP contribution in [0.1, 0.15) is 28.7 Å². The highest BCUT2D eigenvalue weighted by atomic mass is 16.7. The average molecular weight is 563 g/mol. The summed E-state index contributed by atoms with van der Waals surface area (Å²) in [5.41, 5.74) is 7.01. The summed E-state index contributed by atoms with van der Waals surface area (Å²) >= 11 is 0. The van der Waals surface area contributed by atoms with Gasteiger partial charge in [0, 0.05) is 6.42 Å². The first kappa shape index (κ1) is 24.9. The molecule has 6 aromatic rings. The Morgan fingerprint density at radius 3 is 1.95 bits per heavy atom. The van der Waals surface area contributed by atoms with Crippen molar-refractivity contribution in [1.29, 1.82) is 0 Å². The van der Waals surface area contributed by atoms with Crippen molar-refractivity contribution in [1.82, 2.24) is 0 Å². The molecule has 2 fully saturated rings. The molecule has 9 rings (SSSR count). The predicted octanol–water partition coefficient (Wildman–Crippen LogP) is 8.26. The minimum Gasteiger partial charge on any atom is -0.491 e. The molecule has 3 atom stereocenters. The summed E-state index contributed by atoms with van der Waals surface area (Å²) in [6, 6.07) is 44.1. The second-order valence-electron chi connectivity index (χ2n) is 11.7. The lowest BCUT2D eigenvalue weighted by molar-refractivity contribution is -0.165. The van der Waals surface area contributed by atoms with Gasteiger partial charge >= 0.3 is 0 Å². The van der Waals surface area contributed by atoms with Gasteiger partial charge in [-0.2, -0.15) is 0 Å². The lowest BCUT2D eigenvalue weighted by Gasteiger charge is -2.35. The van der Waals surface area contributed by atoms with E-state index in [-0.39, 0.29) is 12.4 Å². The highest BCUT2D eigenvalue weighted by Crippen LogP contribution is 2.59. The maximum absolute atomic E-state index is 6.09. The van der Waals surface area contributed by atoms with Crippen LogP contribution < -0.4 is 9.47 Å². The van der Waals surface area contributed by atoms with Gasteiger partial charge < -0.3 is 18.9 Å². The molecule has 1 aliphatic carbocycles. The smallest absolute Gasteiger partial charge is 0.202 e. The third-order valence-corrected chi connectivity index (χ3v) is 9.24. The van der Waals surface area contributed by atoms with Gasteiger partial charge in [0.25, 0.3) is 0 Å². The summed E-state index contributed by atoms with van der Waals surface area (Å²) in [6.07, 6.45) is 0.981. The zero-order valence-corrected chi connectivity index (χ0v) is 23.7. The van der Waals surface area contributed by atoms with Gasteiger partial charge in [-0.3, -0.25) is 0 Å². The molecule has 43 heavy (non-hydrogen) atoms. The number of rotatable bonds is 7.